The van der Waals surface area contributed by atoms with Crippen molar-refractivity contribution in [1.82, 2.24) is 19.1 Å². The topological polar surface area (TPSA) is 89.5 Å². The Morgan fingerprint density at radius 2 is 2.22 bits per heavy atom. The van der Waals surface area contributed by atoms with E-state index in [9.17, 15) is 8.42 Å². The molecule has 3 heterocycles. The highest BCUT2D eigenvalue weighted by molar-refractivity contribution is 7.89. The van der Waals surface area contributed by atoms with Crippen LogP contribution in [0.2, 0.25) is 0 Å². The van der Waals surface area contributed by atoms with Gasteiger partial charge in [-0.1, -0.05) is 6.07 Å². The van der Waals surface area contributed by atoms with Crippen molar-refractivity contribution in [3.63, 3.8) is 0 Å². The van der Waals surface area contributed by atoms with Crippen LogP contribution in [-0.4, -0.2) is 29.3 Å². The molecule has 0 unspecified atom stereocenters. The van der Waals surface area contributed by atoms with Crippen molar-refractivity contribution in [2.24, 2.45) is 0 Å². The van der Waals surface area contributed by atoms with Gasteiger partial charge in [-0.15, -0.1) is 0 Å². The van der Waals surface area contributed by atoms with Gasteiger partial charge in [0.15, 0.2) is 5.89 Å². The maximum Gasteiger partial charge on any atom is 0.275 e. The summed E-state index contributed by atoms with van der Waals surface area (Å²) in [5, 5.41) is -0.116. The molecule has 4 rings (SSSR count). The van der Waals surface area contributed by atoms with Crippen LogP contribution in [0.3, 0.4) is 0 Å². The highest BCUT2D eigenvalue weighted by Gasteiger charge is 2.30. The number of imidazole rings is 1. The molecule has 0 atom stereocenters. The lowest BCUT2D eigenvalue weighted by molar-refractivity contribution is 0.406. The van der Waals surface area contributed by atoms with Gasteiger partial charge in [0.2, 0.25) is 0 Å². The molecule has 3 aromatic rings. The fourth-order valence-electron chi connectivity index (χ4n) is 2.41. The molecule has 1 N–H and O–H groups in total. The average molecular weight is 332 g/mol. The highest BCUT2D eigenvalue weighted by atomic mass is 32.2. The molecule has 7 nitrogen and oxygen atoms in total. The van der Waals surface area contributed by atoms with E-state index in [0.717, 1.165) is 24.2 Å². The first-order valence-corrected chi connectivity index (χ1v) is 8.98. The molecule has 0 spiro atoms. The molecule has 0 radical (unpaired) electrons. The second-order valence-corrected chi connectivity index (χ2v) is 7.34. The number of fused-ring (bicyclic) bond motifs is 1. The van der Waals surface area contributed by atoms with E-state index >= 15 is 0 Å². The summed E-state index contributed by atoms with van der Waals surface area (Å²) in [5.41, 5.74) is 1.67. The van der Waals surface area contributed by atoms with Crippen LogP contribution in [0.15, 0.2) is 46.3 Å². The van der Waals surface area contributed by atoms with E-state index in [1.54, 1.807) is 0 Å². The SMILES string of the molecule is O=S(=O)(NCCc1cn2ccccc2n1)c1cnc(C2CC2)o1. The minimum atomic E-state index is -3.66. The Hall–Kier alpha value is -2.19. The van der Waals surface area contributed by atoms with Crippen molar-refractivity contribution in [1.29, 1.82) is 0 Å². The summed E-state index contributed by atoms with van der Waals surface area (Å²) in [6.45, 7) is 0.256. The highest BCUT2D eigenvalue weighted by Crippen LogP contribution is 2.39. The molecule has 23 heavy (non-hydrogen) atoms. The van der Waals surface area contributed by atoms with Gasteiger partial charge in [-0.3, -0.25) is 0 Å². The average Bonchev–Trinajstić information content (AvgIpc) is 3.11. The van der Waals surface area contributed by atoms with Crippen molar-refractivity contribution in [3.05, 3.63) is 48.4 Å². The van der Waals surface area contributed by atoms with Gasteiger partial charge in [-0.05, 0) is 25.0 Å². The van der Waals surface area contributed by atoms with Crippen molar-refractivity contribution in [2.75, 3.05) is 6.54 Å². The smallest absolute Gasteiger partial charge is 0.275 e. The lowest BCUT2D eigenvalue weighted by atomic mass is 10.3. The molecular weight excluding hydrogens is 316 g/mol. The standard InChI is InChI=1S/C15H16N4O3S/c20-23(21,14-9-16-15(22-14)11-4-5-11)17-7-6-12-10-19-8-2-1-3-13(19)18-12/h1-3,8-11,17H,4-7H2. The molecule has 1 saturated carbocycles. The van der Waals surface area contributed by atoms with Crippen LogP contribution in [-0.2, 0) is 16.4 Å². The number of nitrogens with zero attached hydrogens (tertiary/aromatic N) is 3. The van der Waals surface area contributed by atoms with Crippen molar-refractivity contribution in [2.45, 2.75) is 30.3 Å². The van der Waals surface area contributed by atoms with Gasteiger partial charge in [0.1, 0.15) is 5.65 Å². The molecule has 0 aliphatic heterocycles. The Bertz CT molecular complexity index is 907. The predicted octanol–water partition coefficient (Wildman–Crippen LogP) is 1.72. The summed E-state index contributed by atoms with van der Waals surface area (Å²) in [5.74, 6) is 0.808. The Labute approximate surface area is 133 Å². The number of pyridine rings is 1. The lowest BCUT2D eigenvalue weighted by Gasteiger charge is -2.02. The van der Waals surface area contributed by atoms with Crippen molar-refractivity contribution in [3.8, 4) is 0 Å². The van der Waals surface area contributed by atoms with Gasteiger partial charge in [0, 0.05) is 31.3 Å². The van der Waals surface area contributed by atoms with Crippen LogP contribution in [0, 0.1) is 0 Å². The maximum absolute atomic E-state index is 12.2. The molecule has 1 fully saturated rings. The number of nitrogens with one attached hydrogen (secondary N) is 1. The molecule has 0 saturated heterocycles. The molecule has 1 aliphatic carbocycles. The Morgan fingerprint density at radius 3 is 3.00 bits per heavy atom. The number of hydrogen-bond acceptors (Lipinski definition) is 5. The van der Waals surface area contributed by atoms with Gasteiger partial charge in [0.25, 0.3) is 15.1 Å². The van der Waals surface area contributed by atoms with Gasteiger partial charge in [0.05, 0.1) is 11.9 Å². The molecule has 120 valence electrons. The molecule has 0 bridgehead atoms. The van der Waals surface area contributed by atoms with Crippen molar-refractivity contribution >= 4 is 15.7 Å². The van der Waals surface area contributed by atoms with E-state index < -0.39 is 10.0 Å². The van der Waals surface area contributed by atoms with Gasteiger partial charge < -0.3 is 8.82 Å². The molecule has 3 aromatic heterocycles. The van der Waals surface area contributed by atoms with Crippen LogP contribution >= 0.6 is 0 Å². The normalized spacial score (nSPS) is 15.3. The second kappa shape index (κ2) is 5.47. The van der Waals surface area contributed by atoms with E-state index in [2.05, 4.69) is 14.7 Å². The maximum atomic E-state index is 12.2. The fourth-order valence-corrected chi connectivity index (χ4v) is 3.31. The summed E-state index contributed by atoms with van der Waals surface area (Å²) in [6.07, 6.45) is 7.61. The van der Waals surface area contributed by atoms with Crippen LogP contribution in [0.5, 0.6) is 0 Å². The van der Waals surface area contributed by atoms with E-state index in [0.29, 0.717) is 12.3 Å². The van der Waals surface area contributed by atoms with Crippen LogP contribution < -0.4 is 4.72 Å². The van der Waals surface area contributed by atoms with Gasteiger partial charge in [-0.2, -0.15) is 0 Å². The number of rotatable bonds is 6. The fraction of sp³-hybridized carbons (Fsp3) is 0.333. The number of hydrogen-bond donors (Lipinski definition) is 1. The van der Waals surface area contributed by atoms with Gasteiger partial charge >= 0.3 is 0 Å². The minimum absolute atomic E-state index is 0.116. The monoisotopic (exact) mass is 332 g/mol. The first-order valence-electron chi connectivity index (χ1n) is 7.50. The molecule has 0 aromatic carbocycles. The molecule has 8 heteroatoms. The van der Waals surface area contributed by atoms with Crippen LogP contribution in [0.1, 0.15) is 30.3 Å². The quantitative estimate of drug-likeness (QED) is 0.742. The third-order valence-electron chi connectivity index (χ3n) is 3.78. The zero-order valence-electron chi connectivity index (χ0n) is 12.3. The van der Waals surface area contributed by atoms with E-state index in [-0.39, 0.29) is 17.6 Å². The third-order valence-corrected chi connectivity index (χ3v) is 5.08. The van der Waals surface area contributed by atoms with E-state index in [1.807, 2.05) is 35.0 Å². The summed E-state index contributed by atoms with van der Waals surface area (Å²) in [4.78, 5) is 8.47. The minimum Gasteiger partial charge on any atom is -0.428 e. The molecular formula is C15H16N4O3S. The zero-order valence-corrected chi connectivity index (χ0v) is 13.2. The second-order valence-electron chi connectivity index (χ2n) is 5.64. The Kier molecular flexibility index (Phi) is 3.42. The largest absolute Gasteiger partial charge is 0.428 e. The van der Waals surface area contributed by atoms with Crippen LogP contribution in [0.25, 0.3) is 5.65 Å². The van der Waals surface area contributed by atoms with E-state index in [4.69, 9.17) is 4.42 Å². The molecule has 1 aliphatic rings. The zero-order chi connectivity index (χ0) is 15.9. The summed E-state index contributed by atoms with van der Waals surface area (Å²) in [6, 6.07) is 5.74. The Balaban J connectivity index is 1.40. The van der Waals surface area contributed by atoms with Crippen molar-refractivity contribution < 1.29 is 12.8 Å². The summed E-state index contributed by atoms with van der Waals surface area (Å²) in [7, 11) is -3.66. The summed E-state index contributed by atoms with van der Waals surface area (Å²) >= 11 is 0. The third kappa shape index (κ3) is 2.99. The molecule has 0 amide bonds. The predicted molar refractivity (Wildman–Crippen MR) is 82.6 cm³/mol. The number of aromatic nitrogens is 3. The number of sulfonamides is 1. The number of oxazole rings is 1. The lowest BCUT2D eigenvalue weighted by Crippen LogP contribution is -2.25. The van der Waals surface area contributed by atoms with Crippen LogP contribution in [0.4, 0.5) is 0 Å². The van der Waals surface area contributed by atoms with E-state index in [1.165, 1.54) is 6.20 Å². The first-order chi connectivity index (χ1) is 11.1. The summed E-state index contributed by atoms with van der Waals surface area (Å²) < 4.78 is 34.1. The first kappa shape index (κ1) is 14.4. The Morgan fingerprint density at radius 1 is 1.35 bits per heavy atom. The van der Waals surface area contributed by atoms with Gasteiger partial charge in [-0.25, -0.2) is 23.1 Å².